The molecule has 104 valence electrons. The van der Waals surface area contributed by atoms with Crippen LogP contribution in [0.3, 0.4) is 0 Å². The Hall–Kier alpha value is -0.380. The molecule has 2 rings (SSSR count). The van der Waals surface area contributed by atoms with E-state index in [2.05, 4.69) is 6.92 Å². The number of allylic oxidation sites excluding steroid dienone is 1. The summed E-state index contributed by atoms with van der Waals surface area (Å²) in [5, 5.41) is 30.4. The van der Waals surface area contributed by atoms with E-state index in [-0.39, 0.29) is 23.9 Å². The molecule has 3 nitrogen and oxygen atoms in total. The summed E-state index contributed by atoms with van der Waals surface area (Å²) >= 11 is 0. The molecule has 0 aromatic carbocycles. The lowest BCUT2D eigenvalue weighted by atomic mass is 9.49. The second-order valence-corrected chi connectivity index (χ2v) is 6.82. The molecule has 1 saturated carbocycles. The highest BCUT2D eigenvalue weighted by Gasteiger charge is 2.56. The summed E-state index contributed by atoms with van der Waals surface area (Å²) in [6.45, 7) is 6.06. The van der Waals surface area contributed by atoms with Gasteiger partial charge in [0.25, 0.3) is 0 Å². The minimum atomic E-state index is -0.680. The van der Waals surface area contributed by atoms with E-state index in [1.807, 2.05) is 19.9 Å². The molecule has 5 atom stereocenters. The van der Waals surface area contributed by atoms with Crippen molar-refractivity contribution in [3.63, 3.8) is 0 Å². The van der Waals surface area contributed by atoms with Gasteiger partial charge in [-0.25, -0.2) is 0 Å². The molecule has 18 heavy (non-hydrogen) atoms. The first-order chi connectivity index (χ1) is 8.30. The standard InChI is InChI=1S/C15H26O3/c1-10-5-4-6-15(3,18)12-8-14(2,9-16)11(12)7-13(10)17/h5,11-13,16-18H,4,6-9H2,1-3H3/b10-5-/t11-,12+,13+,14-,15-/m1/s1. The lowest BCUT2D eigenvalue weighted by molar-refractivity contribution is -0.169. The average molecular weight is 254 g/mol. The fourth-order valence-corrected chi connectivity index (χ4v) is 3.75. The molecule has 0 unspecified atom stereocenters. The molecule has 3 heteroatoms. The van der Waals surface area contributed by atoms with Crippen molar-refractivity contribution in [1.29, 1.82) is 0 Å². The Morgan fingerprint density at radius 3 is 2.61 bits per heavy atom. The van der Waals surface area contributed by atoms with Crippen molar-refractivity contribution in [2.75, 3.05) is 6.61 Å². The van der Waals surface area contributed by atoms with Crippen LogP contribution in [0.5, 0.6) is 0 Å². The van der Waals surface area contributed by atoms with Crippen LogP contribution >= 0.6 is 0 Å². The first-order valence-corrected chi connectivity index (χ1v) is 6.98. The van der Waals surface area contributed by atoms with Gasteiger partial charge in [-0.15, -0.1) is 0 Å². The summed E-state index contributed by atoms with van der Waals surface area (Å²) in [6, 6.07) is 0. The fraction of sp³-hybridized carbons (Fsp3) is 0.867. The third-order valence-corrected chi connectivity index (χ3v) is 5.35. The van der Waals surface area contributed by atoms with E-state index in [9.17, 15) is 15.3 Å². The van der Waals surface area contributed by atoms with Gasteiger partial charge in [-0.3, -0.25) is 0 Å². The molecule has 0 aromatic rings. The molecular formula is C15H26O3. The van der Waals surface area contributed by atoms with Crippen LogP contribution in [-0.2, 0) is 0 Å². The molecule has 0 bridgehead atoms. The smallest absolute Gasteiger partial charge is 0.0750 e. The van der Waals surface area contributed by atoms with Crippen LogP contribution in [0.1, 0.15) is 46.5 Å². The fourth-order valence-electron chi connectivity index (χ4n) is 3.75. The third kappa shape index (κ3) is 2.24. The Morgan fingerprint density at radius 1 is 1.33 bits per heavy atom. The first kappa shape index (κ1) is 14.0. The zero-order chi connectivity index (χ0) is 13.6. The van der Waals surface area contributed by atoms with E-state index in [0.717, 1.165) is 24.8 Å². The zero-order valence-corrected chi connectivity index (χ0v) is 11.7. The first-order valence-electron chi connectivity index (χ1n) is 6.98. The van der Waals surface area contributed by atoms with Gasteiger partial charge in [-0.05, 0) is 62.4 Å². The Bertz CT molecular complexity index is 348. The number of hydrogen-bond donors (Lipinski definition) is 3. The Morgan fingerprint density at radius 2 is 2.00 bits per heavy atom. The summed E-state index contributed by atoms with van der Waals surface area (Å²) in [4.78, 5) is 0. The summed E-state index contributed by atoms with van der Waals surface area (Å²) in [6.07, 6.45) is 4.67. The molecule has 2 aliphatic rings. The quantitative estimate of drug-likeness (QED) is 0.626. The number of aliphatic hydroxyl groups excluding tert-OH is 2. The second kappa shape index (κ2) is 4.62. The lowest BCUT2D eigenvalue weighted by Gasteiger charge is -2.58. The van der Waals surface area contributed by atoms with Crippen LogP contribution in [0.2, 0.25) is 0 Å². The highest BCUT2D eigenvalue weighted by molar-refractivity contribution is 5.13. The third-order valence-electron chi connectivity index (χ3n) is 5.35. The normalized spacial score (nSPS) is 52.1. The van der Waals surface area contributed by atoms with Gasteiger partial charge in [0.2, 0.25) is 0 Å². The minimum absolute atomic E-state index is 0.139. The average Bonchev–Trinajstić information content (AvgIpc) is 2.33. The van der Waals surface area contributed by atoms with Crippen LogP contribution in [0.15, 0.2) is 11.6 Å². The number of fused-ring (bicyclic) bond motifs is 1. The molecule has 0 spiro atoms. The molecule has 1 fully saturated rings. The van der Waals surface area contributed by atoms with Gasteiger partial charge >= 0.3 is 0 Å². The summed E-state index contributed by atoms with van der Waals surface area (Å²) in [7, 11) is 0. The van der Waals surface area contributed by atoms with Crippen molar-refractivity contribution in [3.05, 3.63) is 11.6 Å². The van der Waals surface area contributed by atoms with Crippen LogP contribution in [-0.4, -0.2) is 33.6 Å². The second-order valence-electron chi connectivity index (χ2n) is 6.82. The van der Waals surface area contributed by atoms with Gasteiger partial charge < -0.3 is 15.3 Å². The Balaban J connectivity index is 2.25. The molecule has 0 saturated heterocycles. The SMILES string of the molecule is C/C1=C/CC[C@@](C)(O)[C@H]2C[C@](C)(CO)[C@@H]2C[C@@H]1O. The molecule has 0 heterocycles. The summed E-state index contributed by atoms with van der Waals surface area (Å²) < 4.78 is 0. The van der Waals surface area contributed by atoms with E-state index in [0.29, 0.717) is 6.42 Å². The Kier molecular flexibility index (Phi) is 3.60. The maximum atomic E-state index is 10.6. The summed E-state index contributed by atoms with van der Waals surface area (Å²) in [5.74, 6) is 0.401. The largest absolute Gasteiger partial charge is 0.396 e. The molecule has 3 N–H and O–H groups in total. The van der Waals surface area contributed by atoms with Crippen molar-refractivity contribution >= 4 is 0 Å². The van der Waals surface area contributed by atoms with Gasteiger partial charge in [-0.1, -0.05) is 13.0 Å². The van der Waals surface area contributed by atoms with Gasteiger partial charge in [-0.2, -0.15) is 0 Å². The van der Waals surface area contributed by atoms with Crippen molar-refractivity contribution < 1.29 is 15.3 Å². The van der Waals surface area contributed by atoms with Crippen LogP contribution < -0.4 is 0 Å². The van der Waals surface area contributed by atoms with Crippen molar-refractivity contribution in [3.8, 4) is 0 Å². The highest BCUT2D eigenvalue weighted by atomic mass is 16.3. The molecule has 0 amide bonds. The maximum Gasteiger partial charge on any atom is 0.0750 e. The number of rotatable bonds is 1. The van der Waals surface area contributed by atoms with Crippen LogP contribution in [0.4, 0.5) is 0 Å². The minimum Gasteiger partial charge on any atom is -0.396 e. The van der Waals surface area contributed by atoms with E-state index < -0.39 is 11.7 Å². The molecule has 0 radical (unpaired) electrons. The van der Waals surface area contributed by atoms with E-state index >= 15 is 0 Å². The molecule has 2 aliphatic carbocycles. The highest BCUT2D eigenvalue weighted by Crippen LogP contribution is 2.58. The summed E-state index contributed by atoms with van der Waals surface area (Å²) in [5.41, 5.74) is 0.180. The van der Waals surface area contributed by atoms with Gasteiger partial charge in [0.05, 0.1) is 11.7 Å². The van der Waals surface area contributed by atoms with Gasteiger partial charge in [0, 0.05) is 6.61 Å². The molecular weight excluding hydrogens is 228 g/mol. The monoisotopic (exact) mass is 254 g/mol. The zero-order valence-electron chi connectivity index (χ0n) is 11.7. The predicted molar refractivity (Wildman–Crippen MR) is 71.0 cm³/mol. The van der Waals surface area contributed by atoms with Gasteiger partial charge in [0.15, 0.2) is 0 Å². The number of hydrogen-bond acceptors (Lipinski definition) is 3. The number of aliphatic hydroxyl groups is 3. The van der Waals surface area contributed by atoms with Gasteiger partial charge in [0.1, 0.15) is 0 Å². The van der Waals surface area contributed by atoms with E-state index in [1.54, 1.807) is 0 Å². The lowest BCUT2D eigenvalue weighted by Crippen LogP contribution is -2.57. The predicted octanol–water partition coefficient (Wildman–Crippen LogP) is 1.86. The maximum absolute atomic E-state index is 10.6. The van der Waals surface area contributed by atoms with Crippen molar-refractivity contribution in [2.24, 2.45) is 17.3 Å². The molecule has 0 aliphatic heterocycles. The van der Waals surface area contributed by atoms with Crippen LogP contribution in [0, 0.1) is 17.3 Å². The van der Waals surface area contributed by atoms with E-state index in [4.69, 9.17) is 0 Å². The Labute approximate surface area is 110 Å². The van der Waals surface area contributed by atoms with Crippen molar-refractivity contribution in [1.82, 2.24) is 0 Å². The van der Waals surface area contributed by atoms with Crippen molar-refractivity contribution in [2.45, 2.75) is 58.2 Å². The van der Waals surface area contributed by atoms with Crippen LogP contribution in [0.25, 0.3) is 0 Å². The molecule has 0 aromatic heterocycles. The van der Waals surface area contributed by atoms with E-state index in [1.165, 1.54) is 0 Å². The topological polar surface area (TPSA) is 60.7 Å².